The largest absolute Gasteiger partial charge is 0.337 e. The van der Waals surface area contributed by atoms with Crippen molar-refractivity contribution in [3.8, 4) is 0 Å². The summed E-state index contributed by atoms with van der Waals surface area (Å²) in [4.78, 5) is 6.70. The van der Waals surface area contributed by atoms with Crippen LogP contribution < -0.4 is 5.32 Å². The molecule has 1 aliphatic heterocycles. The van der Waals surface area contributed by atoms with Gasteiger partial charge in [0.05, 0.1) is 12.0 Å². The molecule has 96 valence electrons. The maximum Gasteiger partial charge on any atom is 0.0945 e. The predicted molar refractivity (Wildman–Crippen MR) is 69.8 cm³/mol. The van der Waals surface area contributed by atoms with Crippen molar-refractivity contribution in [3.05, 3.63) is 18.2 Å². The minimum atomic E-state index is 0.817. The van der Waals surface area contributed by atoms with Crippen molar-refractivity contribution < 1.29 is 0 Å². The van der Waals surface area contributed by atoms with Gasteiger partial charge in [-0.2, -0.15) is 0 Å². The smallest absolute Gasteiger partial charge is 0.0945 e. The van der Waals surface area contributed by atoms with Crippen LogP contribution in [0.25, 0.3) is 0 Å². The third kappa shape index (κ3) is 3.54. The quantitative estimate of drug-likeness (QED) is 0.835. The molecule has 1 saturated heterocycles. The van der Waals surface area contributed by atoms with Crippen LogP contribution in [0.3, 0.4) is 0 Å². The Hall–Kier alpha value is -0.870. The third-order valence-corrected chi connectivity index (χ3v) is 3.66. The number of aryl methyl sites for hydroxylation is 1. The first-order chi connectivity index (χ1) is 8.29. The van der Waals surface area contributed by atoms with Gasteiger partial charge in [-0.1, -0.05) is 6.92 Å². The van der Waals surface area contributed by atoms with Crippen molar-refractivity contribution in [2.75, 3.05) is 26.2 Å². The van der Waals surface area contributed by atoms with Crippen LogP contribution in [0.4, 0.5) is 0 Å². The molecule has 1 fully saturated rings. The molecule has 1 aromatic heterocycles. The molecule has 1 aromatic rings. The minimum absolute atomic E-state index is 0.817. The number of nitrogens with one attached hydrogen (secondary N) is 1. The molecule has 0 spiro atoms. The molecule has 1 N–H and O–H groups in total. The zero-order valence-corrected chi connectivity index (χ0v) is 11.0. The highest BCUT2D eigenvalue weighted by Gasteiger charge is 2.16. The Morgan fingerprint density at radius 3 is 3.06 bits per heavy atom. The number of rotatable bonds is 5. The zero-order valence-electron chi connectivity index (χ0n) is 11.0. The van der Waals surface area contributed by atoms with Gasteiger partial charge in [0.15, 0.2) is 0 Å². The van der Waals surface area contributed by atoms with E-state index in [1.54, 1.807) is 0 Å². The summed E-state index contributed by atoms with van der Waals surface area (Å²) in [6, 6.07) is 0. The van der Waals surface area contributed by atoms with Crippen molar-refractivity contribution in [1.82, 2.24) is 19.8 Å². The Labute approximate surface area is 104 Å². The van der Waals surface area contributed by atoms with E-state index in [0.717, 1.165) is 19.0 Å². The van der Waals surface area contributed by atoms with Crippen molar-refractivity contribution >= 4 is 0 Å². The summed E-state index contributed by atoms with van der Waals surface area (Å²) in [6.45, 7) is 7.96. The first-order valence-electron chi connectivity index (χ1n) is 6.68. The standard InChI is InChI=1S/C13H24N4/c1-3-17(9-12-5-4-6-14-7-12)10-13-8-15-11-16(13)2/h8,11-12,14H,3-7,9-10H2,1-2H3. The van der Waals surface area contributed by atoms with Gasteiger partial charge < -0.3 is 9.88 Å². The summed E-state index contributed by atoms with van der Waals surface area (Å²) in [5, 5.41) is 3.49. The summed E-state index contributed by atoms with van der Waals surface area (Å²) in [6.07, 6.45) is 6.55. The molecule has 17 heavy (non-hydrogen) atoms. The van der Waals surface area contributed by atoms with Crippen molar-refractivity contribution in [3.63, 3.8) is 0 Å². The number of hydrogen-bond donors (Lipinski definition) is 1. The van der Waals surface area contributed by atoms with Crippen molar-refractivity contribution in [1.29, 1.82) is 0 Å². The van der Waals surface area contributed by atoms with Crippen molar-refractivity contribution in [2.45, 2.75) is 26.3 Å². The normalized spacial score (nSPS) is 21.0. The van der Waals surface area contributed by atoms with E-state index in [-0.39, 0.29) is 0 Å². The summed E-state index contributed by atoms with van der Waals surface area (Å²) < 4.78 is 2.11. The Kier molecular flexibility index (Phi) is 4.57. The average molecular weight is 236 g/mol. The van der Waals surface area contributed by atoms with E-state index in [2.05, 4.69) is 33.7 Å². The second-order valence-electron chi connectivity index (χ2n) is 5.04. The predicted octanol–water partition coefficient (Wildman–Crippen LogP) is 1.24. The van der Waals surface area contributed by atoms with Crippen LogP contribution in [0.5, 0.6) is 0 Å². The lowest BCUT2D eigenvalue weighted by atomic mass is 9.99. The van der Waals surface area contributed by atoms with Gasteiger partial charge in [0, 0.05) is 26.3 Å². The van der Waals surface area contributed by atoms with Gasteiger partial charge in [-0.05, 0) is 38.4 Å². The first-order valence-corrected chi connectivity index (χ1v) is 6.68. The Bertz CT molecular complexity index is 328. The highest BCUT2D eigenvalue weighted by Crippen LogP contribution is 2.13. The Morgan fingerprint density at radius 2 is 2.47 bits per heavy atom. The monoisotopic (exact) mass is 236 g/mol. The van der Waals surface area contributed by atoms with Gasteiger partial charge in [-0.15, -0.1) is 0 Å². The topological polar surface area (TPSA) is 33.1 Å². The molecule has 0 aromatic carbocycles. The summed E-state index contributed by atoms with van der Waals surface area (Å²) in [5.41, 5.74) is 1.30. The van der Waals surface area contributed by atoms with E-state index >= 15 is 0 Å². The molecular weight excluding hydrogens is 212 g/mol. The van der Waals surface area contributed by atoms with E-state index in [1.807, 2.05) is 12.5 Å². The molecule has 4 heteroatoms. The fourth-order valence-electron chi connectivity index (χ4n) is 2.52. The molecule has 0 bridgehead atoms. The molecule has 2 heterocycles. The Morgan fingerprint density at radius 1 is 1.59 bits per heavy atom. The molecule has 0 amide bonds. The first kappa shape index (κ1) is 12.6. The molecular formula is C13H24N4. The third-order valence-electron chi connectivity index (χ3n) is 3.66. The molecule has 0 radical (unpaired) electrons. The second kappa shape index (κ2) is 6.17. The summed E-state index contributed by atoms with van der Waals surface area (Å²) in [5.74, 6) is 0.817. The van der Waals surface area contributed by atoms with Crippen LogP contribution in [0.15, 0.2) is 12.5 Å². The van der Waals surface area contributed by atoms with Crippen LogP contribution >= 0.6 is 0 Å². The van der Waals surface area contributed by atoms with Gasteiger partial charge in [0.1, 0.15) is 0 Å². The maximum absolute atomic E-state index is 4.18. The molecule has 1 unspecified atom stereocenters. The second-order valence-corrected chi connectivity index (χ2v) is 5.04. The summed E-state index contributed by atoms with van der Waals surface area (Å²) in [7, 11) is 2.07. The Balaban J connectivity index is 1.85. The number of nitrogens with zero attached hydrogens (tertiary/aromatic N) is 3. The minimum Gasteiger partial charge on any atom is -0.337 e. The molecule has 1 aliphatic rings. The van der Waals surface area contributed by atoms with E-state index in [1.165, 1.54) is 38.2 Å². The molecule has 0 saturated carbocycles. The number of hydrogen-bond acceptors (Lipinski definition) is 3. The van der Waals surface area contributed by atoms with Gasteiger partial charge in [-0.3, -0.25) is 4.90 Å². The molecule has 0 aliphatic carbocycles. The van der Waals surface area contributed by atoms with E-state index in [9.17, 15) is 0 Å². The van der Waals surface area contributed by atoms with Crippen LogP contribution in [0, 0.1) is 5.92 Å². The molecule has 4 nitrogen and oxygen atoms in total. The SMILES string of the molecule is CCN(Cc1cncn1C)CC1CCCNC1. The van der Waals surface area contributed by atoms with Crippen molar-refractivity contribution in [2.24, 2.45) is 13.0 Å². The molecule has 1 atom stereocenters. The van der Waals surface area contributed by atoms with Crippen LogP contribution in [-0.2, 0) is 13.6 Å². The van der Waals surface area contributed by atoms with Crippen LogP contribution in [0.1, 0.15) is 25.5 Å². The van der Waals surface area contributed by atoms with Gasteiger partial charge in [-0.25, -0.2) is 4.98 Å². The highest BCUT2D eigenvalue weighted by atomic mass is 15.2. The lowest BCUT2D eigenvalue weighted by Gasteiger charge is -2.29. The zero-order chi connectivity index (χ0) is 12.1. The fraction of sp³-hybridized carbons (Fsp3) is 0.769. The maximum atomic E-state index is 4.18. The fourth-order valence-corrected chi connectivity index (χ4v) is 2.52. The van der Waals surface area contributed by atoms with Crippen LogP contribution in [-0.4, -0.2) is 40.6 Å². The summed E-state index contributed by atoms with van der Waals surface area (Å²) >= 11 is 0. The average Bonchev–Trinajstić information content (AvgIpc) is 2.75. The van der Waals surface area contributed by atoms with E-state index < -0.39 is 0 Å². The highest BCUT2D eigenvalue weighted by molar-refractivity contribution is 4.97. The van der Waals surface area contributed by atoms with Gasteiger partial charge in [0.2, 0.25) is 0 Å². The number of imidazole rings is 1. The van der Waals surface area contributed by atoms with E-state index in [0.29, 0.717) is 0 Å². The van der Waals surface area contributed by atoms with Gasteiger partial charge >= 0.3 is 0 Å². The molecule has 2 rings (SSSR count). The van der Waals surface area contributed by atoms with Crippen LogP contribution in [0.2, 0.25) is 0 Å². The van der Waals surface area contributed by atoms with E-state index in [4.69, 9.17) is 0 Å². The number of piperidine rings is 1. The van der Waals surface area contributed by atoms with Gasteiger partial charge in [0.25, 0.3) is 0 Å². The lowest BCUT2D eigenvalue weighted by Crippen LogP contribution is -2.38. The number of aromatic nitrogens is 2. The lowest BCUT2D eigenvalue weighted by molar-refractivity contribution is 0.206.